The van der Waals surface area contributed by atoms with Crippen LogP contribution in [-0.2, 0) is 6.18 Å². The molecule has 1 rings (SSSR count). The zero-order chi connectivity index (χ0) is 14.8. The first-order valence-electron chi connectivity index (χ1n) is 6.26. The molecule has 0 aliphatic carbocycles. The summed E-state index contributed by atoms with van der Waals surface area (Å²) < 4.78 is 39.3. The van der Waals surface area contributed by atoms with Gasteiger partial charge in [-0.3, -0.25) is 10.6 Å². The standard InChI is InChI=1S/C12H21F3N4/c1-7(2)16-11(17-8(3)4)19-9(5)6-10(18-19)12(13,14)15/h6-8,11,16-17H,1-5H3. The van der Waals surface area contributed by atoms with Crippen molar-refractivity contribution in [1.82, 2.24) is 20.4 Å². The Bertz CT molecular complexity index is 400. The molecule has 0 bridgehead atoms. The summed E-state index contributed by atoms with van der Waals surface area (Å²) in [5.74, 6) is 0. The third-order valence-electron chi connectivity index (χ3n) is 2.44. The van der Waals surface area contributed by atoms with Crippen LogP contribution in [0.25, 0.3) is 0 Å². The second kappa shape index (κ2) is 5.92. The van der Waals surface area contributed by atoms with E-state index in [4.69, 9.17) is 0 Å². The van der Waals surface area contributed by atoms with E-state index in [0.29, 0.717) is 5.69 Å². The molecule has 19 heavy (non-hydrogen) atoms. The summed E-state index contributed by atoms with van der Waals surface area (Å²) in [6.07, 6.45) is -4.88. The van der Waals surface area contributed by atoms with E-state index in [1.807, 2.05) is 27.7 Å². The Morgan fingerprint density at radius 2 is 1.58 bits per heavy atom. The fraction of sp³-hybridized carbons (Fsp3) is 0.750. The largest absolute Gasteiger partial charge is 0.435 e. The predicted octanol–water partition coefficient (Wildman–Crippen LogP) is 2.66. The van der Waals surface area contributed by atoms with Gasteiger partial charge in [-0.25, -0.2) is 4.68 Å². The Morgan fingerprint density at radius 3 is 1.89 bits per heavy atom. The lowest BCUT2D eigenvalue weighted by atomic mass is 10.3. The third-order valence-corrected chi connectivity index (χ3v) is 2.44. The molecule has 0 unspecified atom stereocenters. The average molecular weight is 278 g/mol. The zero-order valence-corrected chi connectivity index (χ0v) is 11.8. The smallest absolute Gasteiger partial charge is 0.281 e. The molecule has 0 aromatic carbocycles. The molecule has 0 aliphatic heterocycles. The molecule has 0 fully saturated rings. The maximum absolute atomic E-state index is 12.7. The summed E-state index contributed by atoms with van der Waals surface area (Å²) in [4.78, 5) is 0. The normalized spacial score (nSPS) is 13.0. The van der Waals surface area contributed by atoms with E-state index in [2.05, 4.69) is 15.7 Å². The molecule has 0 amide bonds. The van der Waals surface area contributed by atoms with Crippen LogP contribution < -0.4 is 10.6 Å². The maximum Gasteiger partial charge on any atom is 0.435 e. The number of nitrogens with one attached hydrogen (secondary N) is 2. The molecule has 4 nitrogen and oxygen atoms in total. The molecule has 0 saturated heterocycles. The Labute approximate surface area is 111 Å². The molecule has 2 N–H and O–H groups in total. The summed E-state index contributed by atoms with van der Waals surface area (Å²) in [6.45, 7) is 9.33. The minimum Gasteiger partial charge on any atom is -0.281 e. The highest BCUT2D eigenvalue weighted by Gasteiger charge is 2.35. The first kappa shape index (κ1) is 16.0. The lowest BCUT2D eigenvalue weighted by Gasteiger charge is -2.26. The van der Waals surface area contributed by atoms with Crippen LogP contribution in [0, 0.1) is 6.92 Å². The van der Waals surface area contributed by atoms with E-state index in [1.54, 1.807) is 6.92 Å². The third kappa shape index (κ3) is 4.50. The van der Waals surface area contributed by atoms with Crippen molar-refractivity contribution in [3.05, 3.63) is 17.5 Å². The number of nitrogens with zero attached hydrogens (tertiary/aromatic N) is 2. The Kier molecular flexibility index (Phi) is 4.98. The predicted molar refractivity (Wildman–Crippen MR) is 67.5 cm³/mol. The highest BCUT2D eigenvalue weighted by atomic mass is 19.4. The monoisotopic (exact) mass is 278 g/mol. The molecule has 0 spiro atoms. The van der Waals surface area contributed by atoms with E-state index in [9.17, 15) is 13.2 Å². The molecule has 0 aliphatic rings. The van der Waals surface area contributed by atoms with Gasteiger partial charge in [-0.2, -0.15) is 18.3 Å². The topological polar surface area (TPSA) is 41.9 Å². The summed E-state index contributed by atoms with van der Waals surface area (Å²) in [5, 5.41) is 9.96. The molecule has 1 aromatic heterocycles. The fourth-order valence-corrected chi connectivity index (χ4v) is 1.71. The van der Waals surface area contributed by atoms with Gasteiger partial charge >= 0.3 is 6.18 Å². The lowest BCUT2D eigenvalue weighted by Crippen LogP contribution is -2.45. The van der Waals surface area contributed by atoms with Crippen LogP contribution in [0.5, 0.6) is 0 Å². The first-order valence-corrected chi connectivity index (χ1v) is 6.26. The van der Waals surface area contributed by atoms with Crippen molar-refractivity contribution in [1.29, 1.82) is 0 Å². The van der Waals surface area contributed by atoms with E-state index in [-0.39, 0.29) is 12.1 Å². The highest BCUT2D eigenvalue weighted by Crippen LogP contribution is 2.28. The van der Waals surface area contributed by atoms with Gasteiger partial charge in [0, 0.05) is 17.8 Å². The number of aryl methyl sites for hydroxylation is 1. The molecule has 0 saturated carbocycles. The van der Waals surface area contributed by atoms with Gasteiger partial charge in [0.2, 0.25) is 0 Å². The van der Waals surface area contributed by atoms with Gasteiger partial charge in [0.15, 0.2) is 12.0 Å². The highest BCUT2D eigenvalue weighted by molar-refractivity contribution is 5.12. The van der Waals surface area contributed by atoms with Gasteiger partial charge in [-0.1, -0.05) is 0 Å². The van der Waals surface area contributed by atoms with E-state index in [1.165, 1.54) is 4.68 Å². The van der Waals surface area contributed by atoms with E-state index in [0.717, 1.165) is 6.07 Å². The minimum absolute atomic E-state index is 0.120. The number of rotatable bonds is 5. The van der Waals surface area contributed by atoms with Crippen LogP contribution in [0.4, 0.5) is 13.2 Å². The second-order valence-electron chi connectivity index (χ2n) is 5.16. The van der Waals surface area contributed by atoms with Gasteiger partial charge in [0.25, 0.3) is 0 Å². The lowest BCUT2D eigenvalue weighted by molar-refractivity contribution is -0.141. The molecule has 1 aromatic rings. The van der Waals surface area contributed by atoms with Crippen molar-refractivity contribution in [2.75, 3.05) is 0 Å². The number of halogens is 3. The fourth-order valence-electron chi connectivity index (χ4n) is 1.71. The van der Waals surface area contributed by atoms with Crippen LogP contribution >= 0.6 is 0 Å². The van der Waals surface area contributed by atoms with Gasteiger partial charge in [0.1, 0.15) is 0 Å². The quantitative estimate of drug-likeness (QED) is 0.814. The Balaban J connectivity index is 3.04. The Morgan fingerprint density at radius 1 is 1.11 bits per heavy atom. The van der Waals surface area contributed by atoms with Crippen molar-refractivity contribution in [3.8, 4) is 0 Å². The summed E-state index contributed by atoms with van der Waals surface area (Å²) in [5.41, 5.74) is -0.412. The minimum atomic E-state index is -4.42. The first-order chi connectivity index (χ1) is 8.61. The van der Waals surface area contributed by atoms with Crippen LogP contribution in [0.15, 0.2) is 6.07 Å². The van der Waals surface area contributed by atoms with E-state index >= 15 is 0 Å². The van der Waals surface area contributed by atoms with Crippen LogP contribution in [0.3, 0.4) is 0 Å². The van der Waals surface area contributed by atoms with Crippen molar-refractivity contribution in [3.63, 3.8) is 0 Å². The molecular weight excluding hydrogens is 257 g/mol. The second-order valence-corrected chi connectivity index (χ2v) is 5.16. The van der Waals surface area contributed by atoms with Gasteiger partial charge in [0.05, 0.1) is 0 Å². The number of alkyl halides is 3. The van der Waals surface area contributed by atoms with E-state index < -0.39 is 18.2 Å². The maximum atomic E-state index is 12.7. The molecular formula is C12H21F3N4. The zero-order valence-electron chi connectivity index (χ0n) is 11.8. The van der Waals surface area contributed by atoms with Crippen molar-refractivity contribution in [2.45, 2.75) is 59.2 Å². The molecule has 0 radical (unpaired) electrons. The summed E-state index contributed by atoms with van der Waals surface area (Å²) in [7, 11) is 0. The van der Waals surface area contributed by atoms with Crippen molar-refractivity contribution in [2.24, 2.45) is 0 Å². The number of hydrogen-bond acceptors (Lipinski definition) is 3. The van der Waals surface area contributed by atoms with Gasteiger partial charge < -0.3 is 0 Å². The average Bonchev–Trinajstić information content (AvgIpc) is 2.57. The van der Waals surface area contributed by atoms with Crippen molar-refractivity contribution < 1.29 is 13.2 Å². The molecule has 0 atom stereocenters. The van der Waals surface area contributed by atoms with Gasteiger partial charge in [-0.05, 0) is 40.7 Å². The SMILES string of the molecule is Cc1cc(C(F)(F)F)nn1C(NC(C)C)NC(C)C. The molecule has 110 valence electrons. The van der Waals surface area contributed by atoms with Crippen molar-refractivity contribution >= 4 is 0 Å². The number of hydrogen-bond donors (Lipinski definition) is 2. The number of aromatic nitrogens is 2. The van der Waals surface area contributed by atoms with Gasteiger partial charge in [-0.15, -0.1) is 0 Å². The Hall–Kier alpha value is -1.08. The van der Waals surface area contributed by atoms with Crippen LogP contribution in [0.1, 0.15) is 45.4 Å². The van der Waals surface area contributed by atoms with Crippen LogP contribution in [-0.4, -0.2) is 21.9 Å². The summed E-state index contributed by atoms with van der Waals surface area (Å²) in [6, 6.07) is 1.29. The van der Waals surface area contributed by atoms with Crippen LogP contribution in [0.2, 0.25) is 0 Å². The summed E-state index contributed by atoms with van der Waals surface area (Å²) >= 11 is 0. The molecule has 1 heterocycles. The molecule has 7 heteroatoms.